The van der Waals surface area contributed by atoms with E-state index in [0.29, 0.717) is 5.92 Å². The van der Waals surface area contributed by atoms with Crippen molar-refractivity contribution in [3.63, 3.8) is 0 Å². The minimum Gasteiger partial charge on any atom is -0.376 e. The third-order valence-corrected chi connectivity index (χ3v) is 4.08. The van der Waals surface area contributed by atoms with Gasteiger partial charge < -0.3 is 10.6 Å². The highest BCUT2D eigenvalue weighted by molar-refractivity contribution is 5.81. The van der Waals surface area contributed by atoms with Crippen molar-refractivity contribution < 1.29 is 4.79 Å². The van der Waals surface area contributed by atoms with Crippen molar-refractivity contribution in [3.8, 4) is 6.07 Å². The van der Waals surface area contributed by atoms with Gasteiger partial charge in [0.1, 0.15) is 5.54 Å². The van der Waals surface area contributed by atoms with Gasteiger partial charge in [0.05, 0.1) is 12.6 Å². The maximum absolute atomic E-state index is 12.0. The topological polar surface area (TPSA) is 64.9 Å². The van der Waals surface area contributed by atoms with Gasteiger partial charge in [0.2, 0.25) is 5.91 Å². The number of hydrogen-bond acceptors (Lipinski definition) is 3. The van der Waals surface area contributed by atoms with E-state index in [0.717, 1.165) is 31.4 Å². The van der Waals surface area contributed by atoms with Gasteiger partial charge in [-0.2, -0.15) is 5.26 Å². The fraction of sp³-hybridized carbons (Fsp3) is 0.529. The Hall–Kier alpha value is -2.02. The van der Waals surface area contributed by atoms with Crippen molar-refractivity contribution in [2.45, 2.75) is 51.0 Å². The first kappa shape index (κ1) is 15.4. The van der Waals surface area contributed by atoms with E-state index >= 15 is 0 Å². The molecule has 1 aromatic carbocycles. The van der Waals surface area contributed by atoms with Crippen LogP contribution in [0.5, 0.6) is 0 Å². The number of nitrogens with zero attached hydrogens (tertiary/aromatic N) is 1. The summed E-state index contributed by atoms with van der Waals surface area (Å²) >= 11 is 0. The number of nitrogens with one attached hydrogen (secondary N) is 2. The molecule has 4 heteroatoms. The monoisotopic (exact) mass is 285 g/mol. The third kappa shape index (κ3) is 3.98. The molecule has 0 aliphatic heterocycles. The quantitative estimate of drug-likeness (QED) is 0.873. The molecule has 1 fully saturated rings. The van der Waals surface area contributed by atoms with Gasteiger partial charge in [0.15, 0.2) is 0 Å². The summed E-state index contributed by atoms with van der Waals surface area (Å²) in [5, 5.41) is 15.2. The van der Waals surface area contributed by atoms with Crippen molar-refractivity contribution in [1.29, 1.82) is 5.26 Å². The number of carbonyl (C=O) groups excluding carboxylic acids is 1. The van der Waals surface area contributed by atoms with Crippen molar-refractivity contribution >= 4 is 11.6 Å². The summed E-state index contributed by atoms with van der Waals surface area (Å²) < 4.78 is 0. The summed E-state index contributed by atoms with van der Waals surface area (Å²) in [5.41, 5.74) is 1.56. The molecule has 1 saturated carbocycles. The molecule has 0 radical (unpaired) electrons. The van der Waals surface area contributed by atoms with Gasteiger partial charge in [0, 0.05) is 5.69 Å². The molecule has 21 heavy (non-hydrogen) atoms. The van der Waals surface area contributed by atoms with Crippen LogP contribution in [0.15, 0.2) is 24.3 Å². The van der Waals surface area contributed by atoms with Crippen molar-refractivity contribution in [3.05, 3.63) is 29.8 Å². The van der Waals surface area contributed by atoms with Crippen LogP contribution in [0.1, 0.15) is 51.0 Å². The molecule has 1 aliphatic rings. The van der Waals surface area contributed by atoms with Crippen LogP contribution in [-0.2, 0) is 4.79 Å². The number of rotatable bonds is 5. The summed E-state index contributed by atoms with van der Waals surface area (Å²) in [7, 11) is 0. The first-order valence-electron chi connectivity index (χ1n) is 7.61. The van der Waals surface area contributed by atoms with Crippen LogP contribution in [0.25, 0.3) is 0 Å². The zero-order valence-corrected chi connectivity index (χ0v) is 12.8. The minimum absolute atomic E-state index is 0.119. The van der Waals surface area contributed by atoms with E-state index in [4.69, 9.17) is 0 Å². The third-order valence-electron chi connectivity index (χ3n) is 4.08. The molecule has 0 heterocycles. The average Bonchev–Trinajstić information content (AvgIpc) is 2.94. The zero-order valence-electron chi connectivity index (χ0n) is 12.8. The van der Waals surface area contributed by atoms with Crippen LogP contribution in [-0.4, -0.2) is 18.0 Å². The fourth-order valence-electron chi connectivity index (χ4n) is 2.72. The van der Waals surface area contributed by atoms with Gasteiger partial charge in [-0.15, -0.1) is 0 Å². The molecular formula is C17H23N3O. The maximum Gasteiger partial charge on any atom is 0.240 e. The molecule has 1 aromatic rings. The van der Waals surface area contributed by atoms with E-state index in [1.54, 1.807) is 0 Å². The Kier molecular flexibility index (Phi) is 4.85. The molecule has 112 valence electrons. The smallest absolute Gasteiger partial charge is 0.240 e. The molecule has 2 N–H and O–H groups in total. The molecule has 4 nitrogen and oxygen atoms in total. The van der Waals surface area contributed by atoms with E-state index in [1.807, 2.05) is 12.1 Å². The Morgan fingerprint density at radius 1 is 1.29 bits per heavy atom. The molecule has 1 aliphatic carbocycles. The van der Waals surface area contributed by atoms with Gasteiger partial charge in [-0.25, -0.2) is 0 Å². The summed E-state index contributed by atoms with van der Waals surface area (Å²) in [6, 6.07) is 10.4. The molecular weight excluding hydrogens is 262 g/mol. The molecule has 2 rings (SSSR count). The summed E-state index contributed by atoms with van der Waals surface area (Å²) in [6.07, 6.45) is 3.55. The summed E-state index contributed by atoms with van der Waals surface area (Å²) in [4.78, 5) is 12.0. The standard InChI is InChI=1S/C17H23N3O/c1-13(2)14-5-7-15(8-6-14)19-11-16(21)20-17(12-18)9-3-4-10-17/h5-8,13,19H,3-4,9-11H2,1-2H3,(H,20,21). The highest BCUT2D eigenvalue weighted by Gasteiger charge is 2.35. The highest BCUT2D eigenvalue weighted by Crippen LogP contribution is 2.28. The number of anilines is 1. The molecule has 1 amide bonds. The summed E-state index contributed by atoms with van der Waals surface area (Å²) in [5.74, 6) is 0.381. The van der Waals surface area contributed by atoms with Gasteiger partial charge in [-0.05, 0) is 49.3 Å². The first-order valence-corrected chi connectivity index (χ1v) is 7.61. The van der Waals surface area contributed by atoms with Crippen LogP contribution < -0.4 is 10.6 Å². The molecule has 0 unspecified atom stereocenters. The van der Waals surface area contributed by atoms with Crippen molar-refractivity contribution in [2.75, 3.05) is 11.9 Å². The van der Waals surface area contributed by atoms with Gasteiger partial charge in [0.25, 0.3) is 0 Å². The van der Waals surface area contributed by atoms with Gasteiger partial charge in [-0.1, -0.05) is 26.0 Å². The van der Waals surface area contributed by atoms with E-state index in [9.17, 15) is 10.1 Å². The average molecular weight is 285 g/mol. The second kappa shape index (κ2) is 6.62. The van der Waals surface area contributed by atoms with Crippen LogP contribution >= 0.6 is 0 Å². The lowest BCUT2D eigenvalue weighted by molar-refractivity contribution is -0.120. The van der Waals surface area contributed by atoms with Crippen LogP contribution in [0, 0.1) is 11.3 Å². The fourth-order valence-corrected chi connectivity index (χ4v) is 2.72. The Morgan fingerprint density at radius 3 is 2.43 bits per heavy atom. The largest absolute Gasteiger partial charge is 0.376 e. The Balaban J connectivity index is 1.85. The second-order valence-corrected chi connectivity index (χ2v) is 6.08. The molecule has 0 spiro atoms. The van der Waals surface area contributed by atoms with Crippen LogP contribution in [0.4, 0.5) is 5.69 Å². The second-order valence-electron chi connectivity index (χ2n) is 6.08. The SMILES string of the molecule is CC(C)c1ccc(NCC(=O)NC2(C#N)CCCC2)cc1. The number of amides is 1. The van der Waals surface area contributed by atoms with Gasteiger partial charge >= 0.3 is 0 Å². The predicted octanol–water partition coefficient (Wildman–Crippen LogP) is 3.17. The number of hydrogen-bond donors (Lipinski definition) is 2. The predicted molar refractivity (Wildman–Crippen MR) is 84.0 cm³/mol. The lowest BCUT2D eigenvalue weighted by Crippen LogP contribution is -2.47. The Labute approximate surface area is 126 Å². The lowest BCUT2D eigenvalue weighted by Gasteiger charge is -2.22. The minimum atomic E-state index is -0.639. The number of benzene rings is 1. The lowest BCUT2D eigenvalue weighted by atomic mass is 10.00. The van der Waals surface area contributed by atoms with Gasteiger partial charge in [-0.3, -0.25) is 4.79 Å². The maximum atomic E-state index is 12.0. The molecule has 0 aromatic heterocycles. The number of nitriles is 1. The van der Waals surface area contributed by atoms with E-state index in [2.05, 4.69) is 42.7 Å². The zero-order chi connectivity index (χ0) is 15.3. The summed E-state index contributed by atoms with van der Waals surface area (Å²) in [6.45, 7) is 4.50. The van der Waals surface area contributed by atoms with Crippen molar-refractivity contribution in [2.24, 2.45) is 0 Å². The number of carbonyl (C=O) groups is 1. The van der Waals surface area contributed by atoms with Crippen molar-refractivity contribution in [1.82, 2.24) is 5.32 Å². The molecule has 0 atom stereocenters. The normalized spacial score (nSPS) is 16.5. The van der Waals surface area contributed by atoms with E-state index in [1.165, 1.54) is 5.56 Å². The van der Waals surface area contributed by atoms with Crippen LogP contribution in [0.2, 0.25) is 0 Å². The highest BCUT2D eigenvalue weighted by atomic mass is 16.2. The first-order chi connectivity index (χ1) is 10.0. The van der Waals surface area contributed by atoms with Crippen LogP contribution in [0.3, 0.4) is 0 Å². The molecule has 0 bridgehead atoms. The Bertz CT molecular complexity index is 522. The molecule has 0 saturated heterocycles. The van der Waals surface area contributed by atoms with E-state index in [-0.39, 0.29) is 12.5 Å². The Morgan fingerprint density at radius 2 is 1.90 bits per heavy atom. The van der Waals surface area contributed by atoms with E-state index < -0.39 is 5.54 Å².